The number of nitrogens with zero attached hydrogens (tertiary/aromatic N) is 2. The maximum atomic E-state index is 13.7. The van der Waals surface area contributed by atoms with E-state index in [2.05, 4.69) is 22.9 Å². The standard InChI is InChI=1S/C26H23BrN2O4/c1-3-16-9-12-18(13-10-16)28-25(30)22-23(17-11-14-21(32-2)20(27)15-17)29(33-24(22)26(28)31)19-7-5-4-6-8-19/h4-15,22-24H,3H2,1-2H3/t22-,23-,24+/m1/s1. The summed E-state index contributed by atoms with van der Waals surface area (Å²) >= 11 is 3.55. The Balaban J connectivity index is 1.57. The molecule has 3 aromatic rings. The summed E-state index contributed by atoms with van der Waals surface area (Å²) in [7, 11) is 1.60. The predicted octanol–water partition coefficient (Wildman–Crippen LogP) is 5.07. The zero-order valence-corrected chi connectivity index (χ0v) is 19.9. The van der Waals surface area contributed by atoms with Crippen molar-refractivity contribution < 1.29 is 19.2 Å². The molecule has 5 rings (SSSR count). The molecule has 6 nitrogen and oxygen atoms in total. The summed E-state index contributed by atoms with van der Waals surface area (Å²) in [6, 6.07) is 22.3. The maximum absolute atomic E-state index is 13.7. The number of hydroxylamine groups is 1. The highest BCUT2D eigenvalue weighted by molar-refractivity contribution is 9.10. The first-order valence-electron chi connectivity index (χ1n) is 10.8. The molecule has 2 fully saturated rings. The lowest BCUT2D eigenvalue weighted by Gasteiger charge is -2.29. The van der Waals surface area contributed by atoms with Crippen LogP contribution in [0.25, 0.3) is 0 Å². The average Bonchev–Trinajstić information content (AvgIpc) is 3.35. The van der Waals surface area contributed by atoms with Gasteiger partial charge < -0.3 is 4.74 Å². The lowest BCUT2D eigenvalue weighted by Crippen LogP contribution is -2.37. The minimum absolute atomic E-state index is 0.260. The van der Waals surface area contributed by atoms with Gasteiger partial charge in [-0.3, -0.25) is 14.4 Å². The van der Waals surface area contributed by atoms with E-state index in [1.807, 2.05) is 72.8 Å². The largest absolute Gasteiger partial charge is 0.496 e. The van der Waals surface area contributed by atoms with Crippen molar-refractivity contribution in [2.45, 2.75) is 25.5 Å². The van der Waals surface area contributed by atoms with Crippen molar-refractivity contribution in [2.75, 3.05) is 17.1 Å². The fourth-order valence-electron chi connectivity index (χ4n) is 4.55. The van der Waals surface area contributed by atoms with Crippen molar-refractivity contribution in [1.29, 1.82) is 0 Å². The molecule has 2 heterocycles. The Hall–Kier alpha value is -3.16. The van der Waals surface area contributed by atoms with E-state index in [1.165, 1.54) is 4.90 Å². The zero-order valence-electron chi connectivity index (χ0n) is 18.3. The Kier molecular flexibility index (Phi) is 5.68. The van der Waals surface area contributed by atoms with Crippen LogP contribution in [0.2, 0.25) is 0 Å². The second-order valence-corrected chi connectivity index (χ2v) is 8.94. The second kappa shape index (κ2) is 8.65. The van der Waals surface area contributed by atoms with Crippen LogP contribution in [0.15, 0.2) is 77.3 Å². The number of methoxy groups -OCH3 is 1. The average molecular weight is 507 g/mol. The molecule has 0 aliphatic carbocycles. The number of carbonyl (C=O) groups is 2. The van der Waals surface area contributed by atoms with Gasteiger partial charge in [-0.1, -0.05) is 43.3 Å². The van der Waals surface area contributed by atoms with Crippen LogP contribution < -0.4 is 14.7 Å². The van der Waals surface area contributed by atoms with E-state index in [4.69, 9.17) is 9.57 Å². The van der Waals surface area contributed by atoms with Gasteiger partial charge in [-0.05, 0) is 69.9 Å². The van der Waals surface area contributed by atoms with Gasteiger partial charge in [0.15, 0.2) is 6.10 Å². The molecule has 7 heteroatoms. The number of hydrogen-bond donors (Lipinski definition) is 0. The highest BCUT2D eigenvalue weighted by atomic mass is 79.9. The molecular weight excluding hydrogens is 484 g/mol. The van der Waals surface area contributed by atoms with Crippen LogP contribution >= 0.6 is 15.9 Å². The smallest absolute Gasteiger partial charge is 0.266 e. The molecule has 0 bridgehead atoms. The molecule has 0 radical (unpaired) electrons. The third-order valence-corrected chi connectivity index (χ3v) is 6.87. The molecule has 0 spiro atoms. The van der Waals surface area contributed by atoms with Gasteiger partial charge in [-0.15, -0.1) is 0 Å². The first-order valence-corrected chi connectivity index (χ1v) is 11.6. The molecule has 2 aliphatic rings. The summed E-state index contributed by atoms with van der Waals surface area (Å²) in [5.41, 5.74) is 3.35. The summed E-state index contributed by atoms with van der Waals surface area (Å²) in [4.78, 5) is 34.5. The number of rotatable bonds is 5. The van der Waals surface area contributed by atoms with Crippen LogP contribution in [0.1, 0.15) is 24.1 Å². The maximum Gasteiger partial charge on any atom is 0.266 e. The number of halogens is 1. The van der Waals surface area contributed by atoms with E-state index in [9.17, 15) is 9.59 Å². The fourth-order valence-corrected chi connectivity index (χ4v) is 5.11. The van der Waals surface area contributed by atoms with Crippen LogP contribution in [0, 0.1) is 5.92 Å². The zero-order chi connectivity index (χ0) is 23.1. The number of para-hydroxylation sites is 1. The van der Waals surface area contributed by atoms with E-state index in [-0.39, 0.29) is 11.8 Å². The summed E-state index contributed by atoms with van der Waals surface area (Å²) < 4.78 is 6.14. The molecule has 2 aliphatic heterocycles. The van der Waals surface area contributed by atoms with Gasteiger partial charge in [0.1, 0.15) is 11.7 Å². The van der Waals surface area contributed by atoms with Crippen molar-refractivity contribution >= 4 is 39.1 Å². The van der Waals surface area contributed by atoms with Crippen molar-refractivity contribution in [2.24, 2.45) is 5.92 Å². The predicted molar refractivity (Wildman–Crippen MR) is 129 cm³/mol. The molecule has 0 saturated carbocycles. The highest BCUT2D eigenvalue weighted by Gasteiger charge is 2.60. The van der Waals surface area contributed by atoms with Crippen molar-refractivity contribution in [3.63, 3.8) is 0 Å². The number of fused-ring (bicyclic) bond motifs is 1. The molecule has 168 valence electrons. The molecule has 2 amide bonds. The van der Waals surface area contributed by atoms with Crippen LogP contribution in [0.5, 0.6) is 5.75 Å². The quantitative estimate of drug-likeness (QED) is 0.452. The number of ether oxygens (including phenoxy) is 1. The summed E-state index contributed by atoms with van der Waals surface area (Å²) in [6.07, 6.45) is -0.00814. The number of aryl methyl sites for hydroxylation is 1. The second-order valence-electron chi connectivity index (χ2n) is 8.08. The normalized spacial score (nSPS) is 22.1. The van der Waals surface area contributed by atoms with Gasteiger partial charge in [0, 0.05) is 0 Å². The van der Waals surface area contributed by atoms with Gasteiger partial charge >= 0.3 is 0 Å². The summed E-state index contributed by atoms with van der Waals surface area (Å²) in [6.45, 7) is 2.06. The molecular formula is C26H23BrN2O4. The lowest BCUT2D eigenvalue weighted by molar-refractivity contribution is -0.126. The van der Waals surface area contributed by atoms with Crippen LogP contribution in [-0.2, 0) is 20.8 Å². The van der Waals surface area contributed by atoms with Gasteiger partial charge in [-0.25, -0.2) is 9.96 Å². The highest BCUT2D eigenvalue weighted by Crippen LogP contribution is 2.48. The number of benzene rings is 3. The van der Waals surface area contributed by atoms with Crippen molar-refractivity contribution in [3.8, 4) is 5.75 Å². The Labute approximate surface area is 200 Å². The van der Waals surface area contributed by atoms with E-state index in [0.29, 0.717) is 11.4 Å². The topological polar surface area (TPSA) is 59.1 Å². The monoisotopic (exact) mass is 506 g/mol. The van der Waals surface area contributed by atoms with Crippen LogP contribution in [-0.4, -0.2) is 25.0 Å². The number of imide groups is 1. The summed E-state index contributed by atoms with van der Waals surface area (Å²) in [5, 5.41) is 1.69. The van der Waals surface area contributed by atoms with E-state index in [0.717, 1.165) is 27.7 Å². The third-order valence-electron chi connectivity index (χ3n) is 6.25. The van der Waals surface area contributed by atoms with Crippen LogP contribution in [0.4, 0.5) is 11.4 Å². The first kappa shape index (κ1) is 21.7. The first-order chi connectivity index (χ1) is 16.0. The van der Waals surface area contributed by atoms with E-state index >= 15 is 0 Å². The molecule has 33 heavy (non-hydrogen) atoms. The molecule has 3 atom stereocenters. The number of carbonyl (C=O) groups excluding carboxylic acids is 2. The van der Waals surface area contributed by atoms with Gasteiger partial charge in [0.2, 0.25) is 5.91 Å². The molecule has 0 N–H and O–H groups in total. The number of amides is 2. The Morgan fingerprint density at radius 1 is 0.939 bits per heavy atom. The SMILES string of the molecule is CCc1ccc(N2C(=O)[C@H]3[C@H](ON(c4ccccc4)[C@@H]3c3ccc(OC)c(Br)c3)C2=O)cc1. The molecule has 0 aromatic heterocycles. The molecule has 2 saturated heterocycles. The van der Waals surface area contributed by atoms with Gasteiger partial charge in [-0.2, -0.15) is 0 Å². The molecule has 3 aromatic carbocycles. The summed E-state index contributed by atoms with van der Waals surface area (Å²) in [5.74, 6) is -0.592. The number of hydrogen-bond acceptors (Lipinski definition) is 5. The minimum Gasteiger partial charge on any atom is -0.496 e. The van der Waals surface area contributed by atoms with E-state index in [1.54, 1.807) is 12.2 Å². The minimum atomic E-state index is -0.894. The van der Waals surface area contributed by atoms with E-state index < -0.39 is 18.1 Å². The van der Waals surface area contributed by atoms with Crippen molar-refractivity contribution in [1.82, 2.24) is 0 Å². The molecule has 0 unspecified atom stereocenters. The van der Waals surface area contributed by atoms with Crippen molar-refractivity contribution in [3.05, 3.63) is 88.4 Å². The Morgan fingerprint density at radius 2 is 1.67 bits per heavy atom. The fraction of sp³-hybridized carbons (Fsp3) is 0.231. The van der Waals surface area contributed by atoms with Gasteiger partial charge in [0.25, 0.3) is 5.91 Å². The van der Waals surface area contributed by atoms with Gasteiger partial charge in [0.05, 0.1) is 29.0 Å². The third kappa shape index (κ3) is 3.61. The lowest BCUT2D eigenvalue weighted by atomic mass is 9.90. The van der Waals surface area contributed by atoms with Crippen LogP contribution in [0.3, 0.4) is 0 Å². The Bertz CT molecular complexity index is 1200. The Morgan fingerprint density at radius 3 is 2.30 bits per heavy atom. The number of anilines is 2.